The van der Waals surface area contributed by atoms with Crippen LogP contribution in [0.4, 0.5) is 0 Å². The quantitative estimate of drug-likeness (QED) is 0.619. The third-order valence-corrected chi connectivity index (χ3v) is 9.37. The summed E-state index contributed by atoms with van der Waals surface area (Å²) in [5.41, 5.74) is 2.69. The summed E-state index contributed by atoms with van der Waals surface area (Å²) in [6, 6.07) is 31.5. The van der Waals surface area contributed by atoms with Crippen molar-refractivity contribution in [1.82, 2.24) is 0 Å². The van der Waals surface area contributed by atoms with Gasteiger partial charge in [-0.05, 0) is 23.1 Å². The molecule has 0 unspecified atom stereocenters. The zero-order chi connectivity index (χ0) is 17.7. The average molecular weight is 347 g/mol. The zero-order valence-corrected chi connectivity index (χ0v) is 16.0. The van der Waals surface area contributed by atoms with Crippen LogP contribution >= 0.6 is 0 Å². The van der Waals surface area contributed by atoms with Crippen LogP contribution in [0, 0.1) is 0 Å². The van der Waals surface area contributed by atoms with E-state index in [1.54, 1.807) is 0 Å². The second-order valence-electron chi connectivity index (χ2n) is 7.21. The normalized spacial score (nSPS) is 14.0. The van der Waals surface area contributed by atoms with E-state index in [1.807, 2.05) is 30.3 Å². The minimum atomic E-state index is -1.81. The van der Waals surface area contributed by atoms with Gasteiger partial charge in [0.15, 0.2) is 0 Å². The van der Waals surface area contributed by atoms with E-state index in [9.17, 15) is 5.11 Å². The Labute approximate surface area is 152 Å². The van der Waals surface area contributed by atoms with Gasteiger partial charge in [0.05, 0.1) is 14.2 Å². The SMILES string of the molecule is C[Si](C)(c1ccccc1)[C@H](C[C@@H](O)c1ccccc1)c1ccccc1. The summed E-state index contributed by atoms with van der Waals surface area (Å²) in [5.74, 6) is 0. The van der Waals surface area contributed by atoms with Gasteiger partial charge >= 0.3 is 0 Å². The minimum Gasteiger partial charge on any atom is -0.388 e. The smallest absolute Gasteiger partial charge is 0.0880 e. The number of hydrogen-bond donors (Lipinski definition) is 1. The first-order valence-electron chi connectivity index (χ1n) is 8.92. The minimum absolute atomic E-state index is 0.353. The molecule has 2 atom stereocenters. The van der Waals surface area contributed by atoms with Gasteiger partial charge in [-0.1, -0.05) is 109 Å². The lowest BCUT2D eigenvalue weighted by Crippen LogP contribution is -2.48. The monoisotopic (exact) mass is 346 g/mol. The van der Waals surface area contributed by atoms with Crippen LogP contribution in [0.2, 0.25) is 13.1 Å². The van der Waals surface area contributed by atoms with E-state index in [2.05, 4.69) is 73.8 Å². The lowest BCUT2D eigenvalue weighted by Gasteiger charge is -2.35. The van der Waals surface area contributed by atoms with Crippen molar-refractivity contribution in [2.24, 2.45) is 0 Å². The number of aliphatic hydroxyl groups excluding tert-OH is 1. The first-order chi connectivity index (χ1) is 12.1. The number of aliphatic hydroxyl groups is 1. The molecule has 1 nitrogen and oxygen atoms in total. The molecule has 128 valence electrons. The Morgan fingerprint density at radius 1 is 0.680 bits per heavy atom. The van der Waals surface area contributed by atoms with E-state index in [1.165, 1.54) is 10.8 Å². The highest BCUT2D eigenvalue weighted by Crippen LogP contribution is 2.35. The number of rotatable bonds is 6. The molecule has 3 rings (SSSR count). The van der Waals surface area contributed by atoms with Gasteiger partial charge in [0.1, 0.15) is 0 Å². The Hall–Kier alpha value is -2.16. The van der Waals surface area contributed by atoms with E-state index in [-0.39, 0.29) is 0 Å². The summed E-state index contributed by atoms with van der Waals surface area (Å²) in [7, 11) is -1.81. The summed E-state index contributed by atoms with van der Waals surface area (Å²) in [5, 5.41) is 12.3. The van der Waals surface area contributed by atoms with E-state index in [0.717, 1.165) is 12.0 Å². The van der Waals surface area contributed by atoms with Crippen LogP contribution in [-0.2, 0) is 0 Å². The van der Waals surface area contributed by atoms with E-state index in [4.69, 9.17) is 0 Å². The van der Waals surface area contributed by atoms with Crippen molar-refractivity contribution in [3.8, 4) is 0 Å². The Morgan fingerprint density at radius 2 is 1.12 bits per heavy atom. The van der Waals surface area contributed by atoms with Gasteiger partial charge in [-0.2, -0.15) is 0 Å². The fourth-order valence-corrected chi connectivity index (χ4v) is 6.93. The zero-order valence-electron chi connectivity index (χ0n) is 15.0. The van der Waals surface area contributed by atoms with Crippen LogP contribution in [0.5, 0.6) is 0 Å². The van der Waals surface area contributed by atoms with Gasteiger partial charge in [0.25, 0.3) is 0 Å². The maximum Gasteiger partial charge on any atom is 0.0880 e. The first kappa shape index (κ1) is 17.7. The lowest BCUT2D eigenvalue weighted by atomic mass is 10.0. The molecule has 25 heavy (non-hydrogen) atoms. The predicted octanol–water partition coefficient (Wildman–Crippen LogP) is 5.05. The molecular weight excluding hydrogens is 320 g/mol. The molecule has 0 fully saturated rings. The lowest BCUT2D eigenvalue weighted by molar-refractivity contribution is 0.165. The van der Waals surface area contributed by atoms with Gasteiger partial charge < -0.3 is 5.11 Å². The summed E-state index contributed by atoms with van der Waals surface area (Å²) in [6.45, 7) is 4.83. The second kappa shape index (κ2) is 7.81. The maximum absolute atomic E-state index is 10.9. The fraction of sp³-hybridized carbons (Fsp3) is 0.217. The Morgan fingerprint density at radius 3 is 1.64 bits per heavy atom. The molecule has 0 aromatic heterocycles. The highest BCUT2D eigenvalue weighted by atomic mass is 28.3. The molecule has 0 amide bonds. The van der Waals surface area contributed by atoms with Crippen molar-refractivity contribution in [2.45, 2.75) is 31.2 Å². The topological polar surface area (TPSA) is 20.2 Å². The Bertz CT molecular complexity index is 769. The molecule has 1 N–H and O–H groups in total. The van der Waals surface area contributed by atoms with E-state index >= 15 is 0 Å². The third kappa shape index (κ3) is 4.09. The van der Waals surface area contributed by atoms with Crippen LogP contribution in [-0.4, -0.2) is 13.2 Å². The largest absolute Gasteiger partial charge is 0.388 e. The molecule has 0 aliphatic rings. The molecule has 0 bridgehead atoms. The molecular formula is C23H26OSi. The Balaban J connectivity index is 1.96. The van der Waals surface area contributed by atoms with Gasteiger partial charge in [0.2, 0.25) is 0 Å². The van der Waals surface area contributed by atoms with Gasteiger partial charge in [0, 0.05) is 0 Å². The standard InChI is InChI=1S/C23H26OSi/c1-25(2,21-16-10-5-11-17-21)23(20-14-8-4-9-15-20)18-22(24)19-12-6-3-7-13-19/h3-17,22-24H,18H2,1-2H3/t22-,23-/m1/s1. The van der Waals surface area contributed by atoms with Crippen molar-refractivity contribution < 1.29 is 5.11 Å². The Kier molecular flexibility index (Phi) is 5.52. The molecule has 2 heteroatoms. The summed E-state index contributed by atoms with van der Waals surface area (Å²) < 4.78 is 0. The van der Waals surface area contributed by atoms with Gasteiger partial charge in [-0.25, -0.2) is 0 Å². The summed E-state index contributed by atoms with van der Waals surface area (Å²) >= 11 is 0. The highest BCUT2D eigenvalue weighted by molar-refractivity contribution is 6.90. The van der Waals surface area contributed by atoms with Crippen molar-refractivity contribution in [3.05, 3.63) is 102 Å². The highest BCUT2D eigenvalue weighted by Gasteiger charge is 2.36. The molecule has 3 aromatic rings. The van der Waals surface area contributed by atoms with Crippen molar-refractivity contribution in [1.29, 1.82) is 0 Å². The molecule has 0 saturated carbocycles. The van der Waals surface area contributed by atoms with Gasteiger partial charge in [-0.15, -0.1) is 0 Å². The molecule has 0 radical (unpaired) electrons. The second-order valence-corrected chi connectivity index (χ2v) is 11.9. The average Bonchev–Trinajstić information content (AvgIpc) is 2.68. The van der Waals surface area contributed by atoms with Crippen LogP contribution in [0.25, 0.3) is 0 Å². The fourth-order valence-electron chi connectivity index (χ4n) is 3.64. The first-order valence-corrected chi connectivity index (χ1v) is 12.0. The maximum atomic E-state index is 10.9. The molecule has 3 aromatic carbocycles. The van der Waals surface area contributed by atoms with Gasteiger partial charge in [-0.3, -0.25) is 0 Å². The van der Waals surface area contributed by atoms with Crippen LogP contribution in [0.15, 0.2) is 91.0 Å². The summed E-state index contributed by atoms with van der Waals surface area (Å²) in [4.78, 5) is 0. The van der Waals surface area contributed by atoms with E-state index in [0.29, 0.717) is 5.54 Å². The molecule has 0 spiro atoms. The summed E-state index contributed by atoms with van der Waals surface area (Å²) in [6.07, 6.45) is 0.309. The van der Waals surface area contributed by atoms with Crippen molar-refractivity contribution in [3.63, 3.8) is 0 Å². The molecule has 0 heterocycles. The van der Waals surface area contributed by atoms with Crippen molar-refractivity contribution in [2.75, 3.05) is 0 Å². The van der Waals surface area contributed by atoms with E-state index < -0.39 is 14.2 Å². The number of hydrogen-bond acceptors (Lipinski definition) is 1. The third-order valence-electron chi connectivity index (χ3n) is 5.23. The van der Waals surface area contributed by atoms with Crippen molar-refractivity contribution >= 4 is 13.3 Å². The molecule has 0 saturated heterocycles. The van der Waals surface area contributed by atoms with Crippen LogP contribution in [0.1, 0.15) is 29.2 Å². The predicted molar refractivity (Wildman–Crippen MR) is 109 cm³/mol. The number of benzene rings is 3. The molecule has 0 aliphatic carbocycles. The van der Waals surface area contributed by atoms with Crippen LogP contribution in [0.3, 0.4) is 0 Å². The van der Waals surface area contributed by atoms with Crippen LogP contribution < -0.4 is 5.19 Å². The molecule has 0 aliphatic heterocycles.